The molecule has 2 fully saturated rings. The molecule has 1 amide bonds. The zero-order valence-electron chi connectivity index (χ0n) is 12.1. The van der Waals surface area contributed by atoms with Crippen LogP contribution in [0, 0.1) is 0 Å². The maximum atomic E-state index is 12.2. The highest BCUT2D eigenvalue weighted by molar-refractivity contribution is 5.77. The minimum Gasteiger partial charge on any atom is -0.353 e. The summed E-state index contributed by atoms with van der Waals surface area (Å²) in [6, 6.07) is 11.9. The first-order valence-electron chi connectivity index (χ1n) is 7.81. The summed E-state index contributed by atoms with van der Waals surface area (Å²) < 4.78 is 0. The van der Waals surface area contributed by atoms with Crippen LogP contribution in [-0.2, 0) is 4.79 Å². The summed E-state index contributed by atoms with van der Waals surface area (Å²) in [6.07, 6.45) is 5.34. The van der Waals surface area contributed by atoms with E-state index >= 15 is 0 Å². The molecule has 0 radical (unpaired) electrons. The van der Waals surface area contributed by atoms with Crippen molar-refractivity contribution in [1.82, 2.24) is 10.6 Å². The number of carbonyl (C=O) groups excluding carboxylic acids is 1. The summed E-state index contributed by atoms with van der Waals surface area (Å²) in [6.45, 7) is 2.13. The number of carbonyl (C=O) groups is 1. The molecule has 0 saturated carbocycles. The van der Waals surface area contributed by atoms with Crippen LogP contribution in [0.3, 0.4) is 0 Å². The van der Waals surface area contributed by atoms with E-state index < -0.39 is 0 Å². The molecular weight excluding hydrogens is 248 g/mol. The van der Waals surface area contributed by atoms with Crippen LogP contribution in [0.4, 0.5) is 0 Å². The van der Waals surface area contributed by atoms with Gasteiger partial charge in [-0.05, 0) is 37.2 Å². The number of nitrogens with one attached hydrogen (secondary N) is 2. The van der Waals surface area contributed by atoms with E-state index in [1.165, 1.54) is 18.4 Å². The summed E-state index contributed by atoms with van der Waals surface area (Å²) in [5.74, 6) is 0.488. The average molecular weight is 272 g/mol. The predicted octanol–water partition coefficient (Wildman–Crippen LogP) is 2.58. The van der Waals surface area contributed by atoms with Gasteiger partial charge in [0, 0.05) is 24.5 Å². The van der Waals surface area contributed by atoms with Gasteiger partial charge in [0.15, 0.2) is 0 Å². The van der Waals surface area contributed by atoms with Crippen LogP contribution in [0.25, 0.3) is 0 Å². The lowest BCUT2D eigenvalue weighted by Gasteiger charge is -2.30. The normalized spacial score (nSPS) is 29.9. The minimum atomic E-state index is 0.202. The van der Waals surface area contributed by atoms with Gasteiger partial charge in [0.05, 0.1) is 0 Å². The molecule has 0 aliphatic carbocycles. The van der Waals surface area contributed by atoms with Gasteiger partial charge in [-0.1, -0.05) is 37.3 Å². The maximum absolute atomic E-state index is 12.2. The van der Waals surface area contributed by atoms with Crippen molar-refractivity contribution in [2.24, 2.45) is 0 Å². The molecule has 2 bridgehead atoms. The Labute approximate surface area is 121 Å². The second-order valence-electron chi connectivity index (χ2n) is 6.39. The van der Waals surface area contributed by atoms with Crippen molar-refractivity contribution in [3.05, 3.63) is 35.9 Å². The number of piperidine rings is 1. The average Bonchev–Trinajstić information content (AvgIpc) is 2.78. The van der Waals surface area contributed by atoms with Crippen LogP contribution in [0.15, 0.2) is 30.3 Å². The van der Waals surface area contributed by atoms with E-state index in [1.807, 2.05) is 18.2 Å². The zero-order valence-corrected chi connectivity index (χ0v) is 12.1. The molecule has 1 aromatic rings. The molecule has 0 spiro atoms. The van der Waals surface area contributed by atoms with E-state index in [0.717, 1.165) is 12.8 Å². The van der Waals surface area contributed by atoms with Crippen molar-refractivity contribution in [3.8, 4) is 0 Å². The Morgan fingerprint density at radius 3 is 2.55 bits per heavy atom. The van der Waals surface area contributed by atoms with Crippen LogP contribution < -0.4 is 10.6 Å². The lowest BCUT2D eigenvalue weighted by molar-refractivity contribution is -0.122. The van der Waals surface area contributed by atoms with E-state index in [4.69, 9.17) is 0 Å². The minimum absolute atomic E-state index is 0.202. The van der Waals surface area contributed by atoms with Gasteiger partial charge >= 0.3 is 0 Å². The first-order valence-corrected chi connectivity index (χ1v) is 7.81. The monoisotopic (exact) mass is 272 g/mol. The summed E-state index contributed by atoms with van der Waals surface area (Å²) in [7, 11) is 0. The Morgan fingerprint density at radius 1 is 1.25 bits per heavy atom. The Kier molecular flexibility index (Phi) is 4.06. The standard InChI is InChI=1S/C17H24N2O/c1-12(13-5-3-2-4-6-13)9-17(20)19-16-10-14-7-8-15(11-16)18-14/h2-6,12,14-16,18H,7-11H2,1H3,(H,19,20). The van der Waals surface area contributed by atoms with E-state index in [9.17, 15) is 4.79 Å². The fraction of sp³-hybridized carbons (Fsp3) is 0.588. The van der Waals surface area contributed by atoms with Crippen LogP contribution in [0.5, 0.6) is 0 Å². The molecular formula is C17H24N2O. The molecule has 3 unspecified atom stereocenters. The van der Waals surface area contributed by atoms with Crippen molar-refractivity contribution in [1.29, 1.82) is 0 Å². The van der Waals surface area contributed by atoms with Crippen molar-refractivity contribution >= 4 is 5.91 Å². The molecule has 2 saturated heterocycles. The van der Waals surface area contributed by atoms with Crippen molar-refractivity contribution in [2.75, 3.05) is 0 Å². The number of rotatable bonds is 4. The second-order valence-corrected chi connectivity index (χ2v) is 6.39. The van der Waals surface area contributed by atoms with Gasteiger partial charge < -0.3 is 10.6 Å². The summed E-state index contributed by atoms with van der Waals surface area (Å²) in [4.78, 5) is 12.2. The maximum Gasteiger partial charge on any atom is 0.220 e. The third-order valence-corrected chi connectivity index (χ3v) is 4.70. The van der Waals surface area contributed by atoms with Gasteiger partial charge in [0.2, 0.25) is 5.91 Å². The van der Waals surface area contributed by atoms with Crippen molar-refractivity contribution < 1.29 is 4.79 Å². The number of amides is 1. The SMILES string of the molecule is CC(CC(=O)NC1CC2CCC(C1)N2)c1ccccc1. The predicted molar refractivity (Wildman–Crippen MR) is 80.6 cm³/mol. The summed E-state index contributed by atoms with van der Waals surface area (Å²) in [5, 5.41) is 6.85. The first kappa shape index (κ1) is 13.6. The molecule has 108 valence electrons. The van der Waals surface area contributed by atoms with Crippen molar-refractivity contribution in [3.63, 3.8) is 0 Å². The summed E-state index contributed by atoms with van der Waals surface area (Å²) >= 11 is 0. The zero-order chi connectivity index (χ0) is 13.9. The summed E-state index contributed by atoms with van der Waals surface area (Å²) in [5.41, 5.74) is 1.24. The highest BCUT2D eigenvalue weighted by Gasteiger charge is 2.33. The quantitative estimate of drug-likeness (QED) is 0.884. The molecule has 3 rings (SSSR count). The van der Waals surface area contributed by atoms with Crippen LogP contribution >= 0.6 is 0 Å². The number of hydrogen-bond acceptors (Lipinski definition) is 2. The molecule has 2 N–H and O–H groups in total. The molecule has 3 nitrogen and oxygen atoms in total. The molecule has 0 aromatic heterocycles. The Balaban J connectivity index is 1.50. The fourth-order valence-electron chi connectivity index (χ4n) is 3.64. The molecule has 2 aliphatic heterocycles. The topological polar surface area (TPSA) is 41.1 Å². The molecule has 3 atom stereocenters. The van der Waals surface area contributed by atoms with Gasteiger partial charge in [-0.15, -0.1) is 0 Å². The molecule has 1 aromatic carbocycles. The van der Waals surface area contributed by atoms with Crippen LogP contribution in [-0.4, -0.2) is 24.0 Å². The van der Waals surface area contributed by atoms with E-state index in [2.05, 4.69) is 29.7 Å². The number of hydrogen-bond donors (Lipinski definition) is 2. The molecule has 20 heavy (non-hydrogen) atoms. The number of fused-ring (bicyclic) bond motifs is 2. The smallest absolute Gasteiger partial charge is 0.220 e. The third-order valence-electron chi connectivity index (χ3n) is 4.70. The molecule has 2 aliphatic rings. The van der Waals surface area contributed by atoms with Gasteiger partial charge in [-0.25, -0.2) is 0 Å². The Morgan fingerprint density at radius 2 is 1.90 bits per heavy atom. The third kappa shape index (κ3) is 3.21. The van der Waals surface area contributed by atoms with Crippen molar-refractivity contribution in [2.45, 2.75) is 63.1 Å². The van der Waals surface area contributed by atoms with Crippen LogP contribution in [0.2, 0.25) is 0 Å². The van der Waals surface area contributed by atoms with Gasteiger partial charge in [0.25, 0.3) is 0 Å². The Hall–Kier alpha value is -1.35. The lowest BCUT2D eigenvalue weighted by Crippen LogP contribution is -2.48. The lowest BCUT2D eigenvalue weighted by atomic mass is 9.96. The van der Waals surface area contributed by atoms with E-state index in [0.29, 0.717) is 24.5 Å². The fourth-order valence-corrected chi connectivity index (χ4v) is 3.64. The first-order chi connectivity index (χ1) is 9.70. The highest BCUT2D eigenvalue weighted by Crippen LogP contribution is 2.27. The number of benzene rings is 1. The Bertz CT molecular complexity index is 447. The van der Waals surface area contributed by atoms with Gasteiger partial charge in [-0.2, -0.15) is 0 Å². The highest BCUT2D eigenvalue weighted by atomic mass is 16.1. The molecule has 2 heterocycles. The largest absolute Gasteiger partial charge is 0.353 e. The van der Waals surface area contributed by atoms with Crippen LogP contribution in [0.1, 0.15) is 50.5 Å². The van der Waals surface area contributed by atoms with Gasteiger partial charge in [0.1, 0.15) is 0 Å². The molecule has 3 heteroatoms. The van der Waals surface area contributed by atoms with E-state index in [-0.39, 0.29) is 11.8 Å². The van der Waals surface area contributed by atoms with Gasteiger partial charge in [-0.3, -0.25) is 4.79 Å². The second kappa shape index (κ2) is 5.96. The van der Waals surface area contributed by atoms with E-state index in [1.54, 1.807) is 0 Å².